The average molecular weight is 170 g/mol. The Kier molecular flexibility index (Phi) is 6.82. The third-order valence-corrected chi connectivity index (χ3v) is 1.64. The summed E-state index contributed by atoms with van der Waals surface area (Å²) in [6.07, 6.45) is 3.68. The van der Waals surface area contributed by atoms with Crippen molar-refractivity contribution in [3.05, 3.63) is 6.54 Å². The van der Waals surface area contributed by atoms with Gasteiger partial charge in [-0.2, -0.15) is 0 Å². The van der Waals surface area contributed by atoms with Crippen molar-refractivity contribution >= 4 is 5.91 Å². The van der Waals surface area contributed by atoms with Gasteiger partial charge in [-0.3, -0.25) is 4.79 Å². The van der Waals surface area contributed by atoms with Crippen molar-refractivity contribution in [3.63, 3.8) is 0 Å². The van der Waals surface area contributed by atoms with Crippen molar-refractivity contribution < 1.29 is 4.79 Å². The molecule has 1 radical (unpaired) electrons. The molecule has 12 heavy (non-hydrogen) atoms. The minimum Gasteiger partial charge on any atom is -0.351 e. The minimum absolute atomic E-state index is 0.150. The summed E-state index contributed by atoms with van der Waals surface area (Å²) < 4.78 is 0. The van der Waals surface area contributed by atoms with Crippen LogP contribution in [-0.4, -0.2) is 5.91 Å². The van der Waals surface area contributed by atoms with Gasteiger partial charge in [0.2, 0.25) is 5.91 Å². The van der Waals surface area contributed by atoms with E-state index in [1.807, 2.05) is 6.54 Å². The fourth-order valence-electron chi connectivity index (χ4n) is 0.822. The molecule has 71 valence electrons. The Bertz CT molecular complexity index is 121. The predicted octanol–water partition coefficient (Wildman–Crippen LogP) is 2.50. The number of carbonyl (C=O) groups excluding carboxylic acids is 1. The molecule has 0 aliphatic rings. The molecular weight excluding hydrogens is 150 g/mol. The summed E-state index contributed by atoms with van der Waals surface area (Å²) in [6.45, 7) is 8.20. The van der Waals surface area contributed by atoms with E-state index in [4.69, 9.17) is 0 Å². The lowest BCUT2D eigenvalue weighted by Gasteiger charge is -2.05. The fourth-order valence-corrected chi connectivity index (χ4v) is 0.822. The van der Waals surface area contributed by atoms with E-state index in [-0.39, 0.29) is 5.91 Å². The van der Waals surface area contributed by atoms with Crippen LogP contribution in [0.25, 0.3) is 0 Å². The topological polar surface area (TPSA) is 29.1 Å². The molecule has 0 aliphatic carbocycles. The first-order valence-electron chi connectivity index (χ1n) is 4.77. The van der Waals surface area contributed by atoms with Crippen LogP contribution in [0.2, 0.25) is 0 Å². The highest BCUT2D eigenvalue weighted by Gasteiger charge is 2.01. The van der Waals surface area contributed by atoms with Crippen LogP contribution in [-0.2, 0) is 4.79 Å². The van der Waals surface area contributed by atoms with Gasteiger partial charge in [-0.25, -0.2) is 0 Å². The lowest BCUT2D eigenvalue weighted by Crippen LogP contribution is -2.20. The molecule has 0 aromatic heterocycles. The Morgan fingerprint density at radius 2 is 2.17 bits per heavy atom. The van der Waals surface area contributed by atoms with Crippen LogP contribution in [0.3, 0.4) is 0 Å². The summed E-state index contributed by atoms with van der Waals surface area (Å²) in [4.78, 5) is 11.1. The van der Waals surface area contributed by atoms with Crippen molar-refractivity contribution in [2.24, 2.45) is 5.92 Å². The number of hydrogen-bond donors (Lipinski definition) is 1. The second-order valence-electron chi connectivity index (χ2n) is 3.49. The van der Waals surface area contributed by atoms with Gasteiger partial charge in [0.25, 0.3) is 0 Å². The predicted molar refractivity (Wildman–Crippen MR) is 51.4 cm³/mol. The summed E-state index contributed by atoms with van der Waals surface area (Å²) >= 11 is 0. The van der Waals surface area contributed by atoms with Crippen molar-refractivity contribution in [2.45, 2.75) is 46.5 Å². The number of hydrogen-bond acceptors (Lipinski definition) is 1. The molecule has 0 saturated heterocycles. The molecule has 0 rings (SSSR count). The van der Waals surface area contributed by atoms with Gasteiger partial charge in [0, 0.05) is 13.0 Å². The maximum atomic E-state index is 11.1. The van der Waals surface area contributed by atoms with Crippen molar-refractivity contribution in [1.29, 1.82) is 0 Å². The largest absolute Gasteiger partial charge is 0.351 e. The highest BCUT2D eigenvalue weighted by molar-refractivity contribution is 5.76. The molecule has 0 unspecified atom stereocenters. The third-order valence-electron chi connectivity index (χ3n) is 1.64. The third kappa shape index (κ3) is 7.58. The highest BCUT2D eigenvalue weighted by Crippen LogP contribution is 2.03. The van der Waals surface area contributed by atoms with Gasteiger partial charge in [-0.05, 0) is 18.8 Å². The van der Waals surface area contributed by atoms with Gasteiger partial charge < -0.3 is 5.32 Å². The SMILES string of the molecule is CCC[CH]NC(=O)CCC(C)C. The van der Waals surface area contributed by atoms with Crippen LogP contribution in [0.1, 0.15) is 46.5 Å². The van der Waals surface area contributed by atoms with Crippen molar-refractivity contribution in [3.8, 4) is 0 Å². The van der Waals surface area contributed by atoms with E-state index in [1.165, 1.54) is 0 Å². The summed E-state index contributed by atoms with van der Waals surface area (Å²) in [5, 5.41) is 2.78. The lowest BCUT2D eigenvalue weighted by atomic mass is 10.1. The quantitative estimate of drug-likeness (QED) is 0.610. The van der Waals surface area contributed by atoms with E-state index in [0.29, 0.717) is 12.3 Å². The molecule has 1 amide bonds. The number of carbonyl (C=O) groups is 1. The lowest BCUT2D eigenvalue weighted by molar-refractivity contribution is -0.120. The first kappa shape index (κ1) is 11.5. The number of unbranched alkanes of at least 4 members (excludes halogenated alkanes) is 1. The average Bonchev–Trinajstić information content (AvgIpc) is 2.01. The van der Waals surface area contributed by atoms with Gasteiger partial charge in [0.1, 0.15) is 0 Å². The van der Waals surface area contributed by atoms with Crippen LogP contribution < -0.4 is 5.32 Å². The monoisotopic (exact) mass is 170 g/mol. The van der Waals surface area contributed by atoms with E-state index in [1.54, 1.807) is 0 Å². The molecule has 1 N–H and O–H groups in total. The number of amides is 1. The minimum atomic E-state index is 0.150. The molecule has 0 bridgehead atoms. The molecule has 0 atom stereocenters. The smallest absolute Gasteiger partial charge is 0.220 e. The molecule has 0 spiro atoms. The Hall–Kier alpha value is -0.530. The second kappa shape index (κ2) is 7.14. The standard InChI is InChI=1S/C10H20NO/c1-4-5-8-11-10(12)7-6-9(2)3/h8-9H,4-7H2,1-3H3,(H,11,12). The molecule has 0 heterocycles. The Morgan fingerprint density at radius 1 is 1.50 bits per heavy atom. The number of nitrogens with one attached hydrogen (secondary N) is 1. The van der Waals surface area contributed by atoms with Gasteiger partial charge in [0.15, 0.2) is 0 Å². The zero-order valence-corrected chi connectivity index (χ0v) is 8.39. The summed E-state index contributed by atoms with van der Waals surface area (Å²) in [5.41, 5.74) is 0. The van der Waals surface area contributed by atoms with E-state index in [9.17, 15) is 4.79 Å². The Balaban J connectivity index is 3.22. The first-order chi connectivity index (χ1) is 5.66. The van der Waals surface area contributed by atoms with Crippen LogP contribution in [0.15, 0.2) is 0 Å². The number of rotatable bonds is 6. The Morgan fingerprint density at radius 3 is 2.67 bits per heavy atom. The summed E-state index contributed by atoms with van der Waals surface area (Å²) in [6, 6.07) is 0. The summed E-state index contributed by atoms with van der Waals surface area (Å²) in [7, 11) is 0. The molecule has 0 fully saturated rings. The van der Waals surface area contributed by atoms with Crippen LogP contribution in [0, 0.1) is 12.5 Å². The van der Waals surface area contributed by atoms with E-state index >= 15 is 0 Å². The van der Waals surface area contributed by atoms with Gasteiger partial charge in [0.05, 0.1) is 0 Å². The fraction of sp³-hybridized carbons (Fsp3) is 0.800. The van der Waals surface area contributed by atoms with Crippen LogP contribution >= 0.6 is 0 Å². The van der Waals surface area contributed by atoms with Crippen LogP contribution in [0.4, 0.5) is 0 Å². The van der Waals surface area contributed by atoms with Crippen LogP contribution in [0.5, 0.6) is 0 Å². The Labute approximate surface area is 75.7 Å². The molecule has 2 heteroatoms. The molecule has 2 nitrogen and oxygen atoms in total. The normalized spacial score (nSPS) is 10.3. The van der Waals surface area contributed by atoms with E-state index in [2.05, 4.69) is 26.1 Å². The van der Waals surface area contributed by atoms with Crippen molar-refractivity contribution in [1.82, 2.24) is 5.32 Å². The van der Waals surface area contributed by atoms with Gasteiger partial charge >= 0.3 is 0 Å². The zero-order valence-electron chi connectivity index (χ0n) is 8.39. The maximum Gasteiger partial charge on any atom is 0.220 e. The van der Waals surface area contributed by atoms with Gasteiger partial charge in [-0.1, -0.05) is 27.2 Å². The molecule has 0 aliphatic heterocycles. The zero-order chi connectivity index (χ0) is 9.40. The molecule has 0 aromatic carbocycles. The van der Waals surface area contributed by atoms with Gasteiger partial charge in [-0.15, -0.1) is 0 Å². The molecule has 0 aromatic rings. The second-order valence-corrected chi connectivity index (χ2v) is 3.49. The highest BCUT2D eigenvalue weighted by atomic mass is 16.1. The maximum absolute atomic E-state index is 11.1. The molecule has 0 saturated carbocycles. The van der Waals surface area contributed by atoms with Crippen molar-refractivity contribution in [2.75, 3.05) is 0 Å². The van der Waals surface area contributed by atoms with E-state index in [0.717, 1.165) is 19.3 Å². The van der Waals surface area contributed by atoms with E-state index < -0.39 is 0 Å². The first-order valence-corrected chi connectivity index (χ1v) is 4.77. The molecular formula is C10H20NO. The summed E-state index contributed by atoms with van der Waals surface area (Å²) in [5.74, 6) is 0.763.